The van der Waals surface area contributed by atoms with Crippen molar-refractivity contribution in [2.24, 2.45) is 11.8 Å². The van der Waals surface area contributed by atoms with Crippen LogP contribution in [0.4, 0.5) is 5.69 Å². The van der Waals surface area contributed by atoms with Crippen LogP contribution >= 0.6 is 0 Å². The van der Waals surface area contributed by atoms with Crippen molar-refractivity contribution in [3.05, 3.63) is 29.8 Å². The normalized spacial score (nSPS) is 21.7. The van der Waals surface area contributed by atoms with E-state index in [1.54, 1.807) is 34.1 Å². The highest BCUT2D eigenvalue weighted by Gasteiger charge is 2.49. The zero-order valence-corrected chi connectivity index (χ0v) is 14.5. The van der Waals surface area contributed by atoms with Crippen molar-refractivity contribution >= 4 is 29.9 Å². The van der Waals surface area contributed by atoms with Crippen molar-refractivity contribution in [3.8, 4) is 0 Å². The van der Waals surface area contributed by atoms with Gasteiger partial charge in [0, 0.05) is 26.2 Å². The van der Waals surface area contributed by atoms with E-state index in [4.69, 9.17) is 4.74 Å². The van der Waals surface area contributed by atoms with E-state index in [1.807, 2.05) is 0 Å². The highest BCUT2D eigenvalue weighted by Crippen LogP contribution is 2.41. The second-order valence-electron chi connectivity index (χ2n) is 6.44. The van der Waals surface area contributed by atoms with Crippen LogP contribution in [0.2, 0.25) is 0 Å². The monoisotopic (exact) mass is 359 g/mol. The third-order valence-electron chi connectivity index (χ3n) is 4.81. The number of para-hydroxylation sites is 1. The fourth-order valence-electron chi connectivity index (χ4n) is 3.15. The molecule has 0 bridgehead atoms. The fourth-order valence-corrected chi connectivity index (χ4v) is 3.15. The SMILES string of the molecule is COC(=O)c1ccccc1NC(=O)C1CC1C(=O)N1CCN(C=O)CC1. The van der Waals surface area contributed by atoms with Crippen LogP contribution in [0, 0.1) is 11.8 Å². The number of ether oxygens (including phenoxy) is 1. The maximum absolute atomic E-state index is 12.5. The Labute approximate surface area is 151 Å². The number of nitrogens with one attached hydrogen (secondary N) is 1. The average molecular weight is 359 g/mol. The molecule has 1 N–H and O–H groups in total. The molecule has 26 heavy (non-hydrogen) atoms. The molecule has 2 atom stereocenters. The van der Waals surface area contributed by atoms with Gasteiger partial charge < -0.3 is 19.9 Å². The van der Waals surface area contributed by atoms with E-state index >= 15 is 0 Å². The zero-order chi connectivity index (χ0) is 18.7. The van der Waals surface area contributed by atoms with Gasteiger partial charge in [-0.2, -0.15) is 0 Å². The number of carbonyl (C=O) groups excluding carboxylic acids is 4. The molecule has 0 radical (unpaired) electrons. The first kappa shape index (κ1) is 17.9. The maximum atomic E-state index is 12.5. The second-order valence-corrected chi connectivity index (χ2v) is 6.44. The summed E-state index contributed by atoms with van der Waals surface area (Å²) in [6.45, 7) is 2.03. The lowest BCUT2D eigenvalue weighted by Crippen LogP contribution is -2.48. The van der Waals surface area contributed by atoms with Gasteiger partial charge in [0.1, 0.15) is 0 Å². The molecule has 0 aromatic heterocycles. The van der Waals surface area contributed by atoms with Crippen molar-refractivity contribution in [3.63, 3.8) is 0 Å². The summed E-state index contributed by atoms with van der Waals surface area (Å²) in [4.78, 5) is 50.8. The minimum absolute atomic E-state index is 0.0445. The molecule has 138 valence electrons. The van der Waals surface area contributed by atoms with Gasteiger partial charge in [-0.3, -0.25) is 14.4 Å². The summed E-state index contributed by atoms with van der Waals surface area (Å²) in [5, 5.41) is 2.73. The molecule has 1 heterocycles. The topological polar surface area (TPSA) is 96.0 Å². The number of nitrogens with zero attached hydrogens (tertiary/aromatic N) is 2. The molecule has 2 aliphatic rings. The Bertz CT molecular complexity index is 727. The van der Waals surface area contributed by atoms with Gasteiger partial charge in [-0.15, -0.1) is 0 Å². The van der Waals surface area contributed by atoms with Crippen LogP contribution in [0.3, 0.4) is 0 Å². The molecule has 8 nitrogen and oxygen atoms in total. The number of piperazine rings is 1. The number of hydrogen-bond donors (Lipinski definition) is 1. The number of amides is 3. The molecule has 2 fully saturated rings. The fraction of sp³-hybridized carbons (Fsp3) is 0.444. The van der Waals surface area contributed by atoms with Crippen molar-refractivity contribution in [1.82, 2.24) is 9.80 Å². The van der Waals surface area contributed by atoms with Crippen LogP contribution in [-0.2, 0) is 19.1 Å². The third kappa shape index (κ3) is 3.68. The van der Waals surface area contributed by atoms with Crippen molar-refractivity contribution < 1.29 is 23.9 Å². The highest BCUT2D eigenvalue weighted by molar-refractivity contribution is 6.04. The standard InChI is InChI=1S/C18H21N3O5/c1-26-18(25)12-4-2-3-5-15(12)19-16(23)13-10-14(13)17(24)21-8-6-20(11-22)7-9-21/h2-5,11,13-14H,6-10H2,1H3,(H,19,23). The summed E-state index contributed by atoms with van der Waals surface area (Å²) in [5.74, 6) is -1.57. The van der Waals surface area contributed by atoms with Crippen LogP contribution in [-0.4, -0.2) is 67.3 Å². The molecule has 2 unspecified atom stereocenters. The number of hydrogen-bond acceptors (Lipinski definition) is 5. The van der Waals surface area contributed by atoms with Gasteiger partial charge in [-0.05, 0) is 18.6 Å². The van der Waals surface area contributed by atoms with E-state index in [-0.39, 0.29) is 23.3 Å². The lowest BCUT2D eigenvalue weighted by atomic mass is 10.1. The predicted octanol–water partition coefficient (Wildman–Crippen LogP) is 0.348. The van der Waals surface area contributed by atoms with Gasteiger partial charge in [0.15, 0.2) is 0 Å². The Kier molecular flexibility index (Phi) is 5.20. The average Bonchev–Trinajstić information content (AvgIpc) is 3.48. The predicted molar refractivity (Wildman–Crippen MR) is 92.2 cm³/mol. The third-order valence-corrected chi connectivity index (χ3v) is 4.81. The number of benzene rings is 1. The Morgan fingerprint density at radius 2 is 1.81 bits per heavy atom. The first-order valence-electron chi connectivity index (χ1n) is 8.51. The molecule has 1 aromatic carbocycles. The molecular formula is C18H21N3O5. The Morgan fingerprint density at radius 1 is 1.12 bits per heavy atom. The lowest BCUT2D eigenvalue weighted by molar-refractivity contribution is -0.137. The Hall–Kier alpha value is -2.90. The molecule has 1 saturated carbocycles. The van der Waals surface area contributed by atoms with Crippen molar-refractivity contribution in [1.29, 1.82) is 0 Å². The van der Waals surface area contributed by atoms with Crippen LogP contribution in [0.15, 0.2) is 24.3 Å². The molecule has 1 saturated heterocycles. The second kappa shape index (κ2) is 7.55. The van der Waals surface area contributed by atoms with Gasteiger partial charge in [0.05, 0.1) is 30.2 Å². The van der Waals surface area contributed by atoms with Gasteiger partial charge in [-0.1, -0.05) is 12.1 Å². The Morgan fingerprint density at radius 3 is 2.46 bits per heavy atom. The molecule has 1 aliphatic heterocycles. The number of anilines is 1. The number of carbonyl (C=O) groups is 4. The van der Waals surface area contributed by atoms with Gasteiger partial charge in [0.25, 0.3) is 0 Å². The van der Waals surface area contributed by atoms with Crippen LogP contribution in [0.1, 0.15) is 16.8 Å². The number of rotatable bonds is 5. The summed E-state index contributed by atoms with van der Waals surface area (Å²) < 4.78 is 4.71. The van der Waals surface area contributed by atoms with Crippen molar-refractivity contribution in [2.75, 3.05) is 38.6 Å². The number of esters is 1. The minimum atomic E-state index is -0.530. The highest BCUT2D eigenvalue weighted by atomic mass is 16.5. The quantitative estimate of drug-likeness (QED) is 0.604. The molecular weight excluding hydrogens is 338 g/mol. The first-order valence-corrected chi connectivity index (χ1v) is 8.51. The molecule has 0 spiro atoms. The van der Waals surface area contributed by atoms with E-state index in [9.17, 15) is 19.2 Å². The van der Waals surface area contributed by atoms with E-state index in [0.717, 1.165) is 6.41 Å². The maximum Gasteiger partial charge on any atom is 0.339 e. The van der Waals surface area contributed by atoms with Crippen molar-refractivity contribution in [2.45, 2.75) is 6.42 Å². The van der Waals surface area contributed by atoms with E-state index in [1.165, 1.54) is 7.11 Å². The van der Waals surface area contributed by atoms with Crippen LogP contribution in [0.5, 0.6) is 0 Å². The van der Waals surface area contributed by atoms with Gasteiger partial charge in [0.2, 0.25) is 18.2 Å². The first-order chi connectivity index (χ1) is 12.5. The summed E-state index contributed by atoms with van der Waals surface area (Å²) in [5.41, 5.74) is 0.652. The van der Waals surface area contributed by atoms with E-state index < -0.39 is 11.9 Å². The largest absolute Gasteiger partial charge is 0.465 e. The summed E-state index contributed by atoms with van der Waals surface area (Å²) in [7, 11) is 1.28. The smallest absolute Gasteiger partial charge is 0.339 e. The zero-order valence-electron chi connectivity index (χ0n) is 14.5. The summed E-state index contributed by atoms with van der Waals surface area (Å²) in [6, 6.07) is 6.60. The summed E-state index contributed by atoms with van der Waals surface area (Å²) >= 11 is 0. The number of methoxy groups -OCH3 is 1. The van der Waals surface area contributed by atoms with E-state index in [0.29, 0.717) is 38.3 Å². The van der Waals surface area contributed by atoms with E-state index in [2.05, 4.69) is 5.32 Å². The molecule has 1 aliphatic carbocycles. The summed E-state index contributed by atoms with van der Waals surface area (Å²) in [6.07, 6.45) is 1.28. The molecule has 8 heteroatoms. The Balaban J connectivity index is 1.57. The minimum Gasteiger partial charge on any atom is -0.465 e. The molecule has 3 rings (SSSR count). The molecule has 3 amide bonds. The van der Waals surface area contributed by atoms with Gasteiger partial charge >= 0.3 is 5.97 Å². The lowest BCUT2D eigenvalue weighted by Gasteiger charge is -2.32. The van der Waals surface area contributed by atoms with Gasteiger partial charge in [-0.25, -0.2) is 4.79 Å². The van der Waals surface area contributed by atoms with Crippen LogP contribution < -0.4 is 5.32 Å². The van der Waals surface area contributed by atoms with Crippen LogP contribution in [0.25, 0.3) is 0 Å². The molecule has 1 aromatic rings.